The number of benzene rings is 1. The summed E-state index contributed by atoms with van der Waals surface area (Å²) in [5, 5.41) is 33.4. The zero-order chi connectivity index (χ0) is 24.2. The summed E-state index contributed by atoms with van der Waals surface area (Å²) in [6.07, 6.45) is 2.85. The molecule has 2 heterocycles. The molecule has 2 aromatic heterocycles. The summed E-state index contributed by atoms with van der Waals surface area (Å²) in [6.45, 7) is 2.79. The van der Waals surface area contributed by atoms with E-state index in [9.17, 15) is 18.3 Å². The topological polar surface area (TPSA) is 103 Å². The molecule has 180 valence electrons. The third-order valence-electron chi connectivity index (χ3n) is 4.84. The molecule has 4 rings (SSSR count). The molecular formula is C22H27F3N4O3S. The van der Waals surface area contributed by atoms with E-state index in [1.54, 1.807) is 22.7 Å². The molecule has 1 saturated carbocycles. The lowest BCUT2D eigenvalue weighted by Gasteiger charge is -2.14. The molecule has 4 N–H and O–H groups in total. The third kappa shape index (κ3) is 7.88. The monoisotopic (exact) mass is 484 g/mol. The van der Waals surface area contributed by atoms with E-state index in [1.165, 1.54) is 26.0 Å². The number of halogens is 3. The van der Waals surface area contributed by atoms with E-state index in [1.807, 2.05) is 12.1 Å². The fourth-order valence-electron chi connectivity index (χ4n) is 3.55. The molecule has 3 aromatic rings. The van der Waals surface area contributed by atoms with E-state index in [0.717, 1.165) is 25.1 Å². The summed E-state index contributed by atoms with van der Waals surface area (Å²) in [7, 11) is 0. The van der Waals surface area contributed by atoms with E-state index in [4.69, 9.17) is 10.2 Å². The number of nitrogens with one attached hydrogen (secondary N) is 1. The highest BCUT2D eigenvalue weighted by atomic mass is 32.2. The van der Waals surface area contributed by atoms with Gasteiger partial charge in [-0.05, 0) is 75.1 Å². The maximum Gasteiger partial charge on any atom is 0.446 e. The number of hydrogen-bond donors (Lipinski definition) is 4. The van der Waals surface area contributed by atoms with E-state index in [-0.39, 0.29) is 29.3 Å². The van der Waals surface area contributed by atoms with Crippen LogP contribution in [0.25, 0.3) is 17.0 Å². The van der Waals surface area contributed by atoms with Gasteiger partial charge in [-0.2, -0.15) is 17.7 Å². The molecule has 0 radical (unpaired) electrons. The van der Waals surface area contributed by atoms with Crippen LogP contribution in [0.1, 0.15) is 33.1 Å². The molecule has 2 unspecified atom stereocenters. The van der Waals surface area contributed by atoms with Crippen molar-refractivity contribution in [2.45, 2.75) is 55.3 Å². The second kappa shape index (κ2) is 10.3. The van der Waals surface area contributed by atoms with Crippen molar-refractivity contribution in [3.8, 4) is 11.4 Å². The van der Waals surface area contributed by atoms with Crippen molar-refractivity contribution in [1.82, 2.24) is 14.6 Å². The van der Waals surface area contributed by atoms with Crippen LogP contribution in [0.2, 0.25) is 0 Å². The number of fused-ring (bicyclic) bond motifs is 1. The largest absolute Gasteiger partial charge is 0.446 e. The summed E-state index contributed by atoms with van der Waals surface area (Å²) in [5.74, 6) is -0.0314. The number of nitrogens with zero attached hydrogens (tertiary/aromatic N) is 3. The highest BCUT2D eigenvalue weighted by Crippen LogP contribution is 2.38. The van der Waals surface area contributed by atoms with Crippen LogP contribution in [0, 0.1) is 5.92 Å². The first-order valence-electron chi connectivity index (χ1n) is 10.5. The molecular weight excluding hydrogens is 457 g/mol. The SMILES string of the molecule is CC(C)(O)O.OCC1CCC(Nc2cccc3nc(-c4cccc(SC(F)(F)F)c4)nn23)C1. The highest BCUT2D eigenvalue weighted by Gasteiger charge is 2.29. The van der Waals surface area contributed by atoms with Crippen molar-refractivity contribution in [3.05, 3.63) is 42.5 Å². The Morgan fingerprint density at radius 1 is 1.12 bits per heavy atom. The van der Waals surface area contributed by atoms with Crippen molar-refractivity contribution in [3.63, 3.8) is 0 Å². The molecule has 1 aromatic carbocycles. The van der Waals surface area contributed by atoms with Crippen LogP contribution in [0.15, 0.2) is 47.4 Å². The van der Waals surface area contributed by atoms with Crippen molar-refractivity contribution < 1.29 is 28.5 Å². The fraction of sp³-hybridized carbons (Fsp3) is 0.455. The molecule has 0 spiro atoms. The Hall–Kier alpha value is -2.34. The van der Waals surface area contributed by atoms with Gasteiger partial charge in [0, 0.05) is 23.1 Å². The molecule has 2 atom stereocenters. The van der Waals surface area contributed by atoms with Gasteiger partial charge in [0.05, 0.1) is 0 Å². The van der Waals surface area contributed by atoms with Gasteiger partial charge in [0.15, 0.2) is 17.3 Å². The number of aromatic nitrogens is 3. The van der Waals surface area contributed by atoms with Crippen molar-refractivity contribution in [2.75, 3.05) is 11.9 Å². The molecule has 0 aliphatic heterocycles. The zero-order valence-electron chi connectivity index (χ0n) is 18.3. The maximum absolute atomic E-state index is 12.6. The summed E-state index contributed by atoms with van der Waals surface area (Å²) in [5.41, 5.74) is -3.19. The first-order valence-corrected chi connectivity index (χ1v) is 11.3. The van der Waals surface area contributed by atoms with Crippen LogP contribution in [0.4, 0.5) is 19.0 Å². The Morgan fingerprint density at radius 3 is 2.45 bits per heavy atom. The van der Waals surface area contributed by atoms with Crippen LogP contribution in [-0.4, -0.2) is 53.9 Å². The lowest BCUT2D eigenvalue weighted by Crippen LogP contribution is -2.18. The van der Waals surface area contributed by atoms with Gasteiger partial charge < -0.3 is 20.6 Å². The van der Waals surface area contributed by atoms with Crippen molar-refractivity contribution in [1.29, 1.82) is 0 Å². The molecule has 0 bridgehead atoms. The Bertz CT molecular complexity index is 1060. The van der Waals surface area contributed by atoms with Gasteiger partial charge >= 0.3 is 5.51 Å². The lowest BCUT2D eigenvalue weighted by molar-refractivity contribution is -0.127. The summed E-state index contributed by atoms with van der Waals surface area (Å²) in [6, 6.07) is 12.0. The van der Waals surface area contributed by atoms with Gasteiger partial charge in [-0.1, -0.05) is 18.2 Å². The minimum atomic E-state index is -4.34. The molecule has 33 heavy (non-hydrogen) atoms. The Kier molecular flexibility index (Phi) is 7.88. The Morgan fingerprint density at radius 2 is 1.82 bits per heavy atom. The first kappa shape index (κ1) is 25.3. The highest BCUT2D eigenvalue weighted by molar-refractivity contribution is 8.00. The number of pyridine rings is 1. The predicted molar refractivity (Wildman–Crippen MR) is 121 cm³/mol. The van der Waals surface area contributed by atoms with Gasteiger partial charge in [0.25, 0.3) is 0 Å². The standard InChI is InChI=1S/C19H19F3N4OS.C3H8O2/c20-19(21,22)28-15-4-1-3-13(10-15)18-24-17-6-2-5-16(26(17)25-18)23-14-8-7-12(9-14)11-27;1-3(2,4)5/h1-6,10,12,14,23,27H,7-9,11H2;4-5H,1-2H3. The minimum absolute atomic E-state index is 0.100. The number of hydrogen-bond acceptors (Lipinski definition) is 7. The van der Waals surface area contributed by atoms with Crippen LogP contribution < -0.4 is 5.32 Å². The number of thioether (sulfide) groups is 1. The van der Waals surface area contributed by atoms with Crippen LogP contribution in [-0.2, 0) is 0 Å². The van der Waals surface area contributed by atoms with Gasteiger partial charge in [-0.25, -0.2) is 4.98 Å². The van der Waals surface area contributed by atoms with Gasteiger partial charge in [0.1, 0.15) is 5.82 Å². The molecule has 11 heteroatoms. The molecule has 7 nitrogen and oxygen atoms in total. The Labute approximate surface area is 193 Å². The van der Waals surface area contributed by atoms with E-state index in [0.29, 0.717) is 23.0 Å². The second-order valence-corrected chi connectivity index (χ2v) is 9.53. The number of aliphatic hydroxyl groups excluding tert-OH is 1. The lowest BCUT2D eigenvalue weighted by atomic mass is 10.1. The summed E-state index contributed by atoms with van der Waals surface area (Å²) >= 11 is -0.152. The minimum Gasteiger partial charge on any atom is -0.396 e. The van der Waals surface area contributed by atoms with Crippen molar-refractivity contribution >= 4 is 23.2 Å². The molecule has 0 amide bonds. The number of rotatable bonds is 5. The van der Waals surface area contributed by atoms with Crippen LogP contribution >= 0.6 is 11.8 Å². The zero-order valence-corrected chi connectivity index (χ0v) is 19.1. The molecule has 1 fully saturated rings. The van der Waals surface area contributed by atoms with Crippen LogP contribution in [0.5, 0.6) is 0 Å². The molecule has 1 aliphatic rings. The number of alkyl halides is 3. The second-order valence-electron chi connectivity index (χ2n) is 8.39. The van der Waals surface area contributed by atoms with E-state index in [2.05, 4.69) is 15.4 Å². The number of anilines is 1. The van der Waals surface area contributed by atoms with Gasteiger partial charge in [-0.15, -0.1) is 5.10 Å². The first-order chi connectivity index (χ1) is 15.4. The average molecular weight is 485 g/mol. The maximum atomic E-state index is 12.6. The van der Waals surface area contributed by atoms with Gasteiger partial charge in [0.2, 0.25) is 0 Å². The molecule has 1 aliphatic carbocycles. The van der Waals surface area contributed by atoms with Crippen molar-refractivity contribution in [2.24, 2.45) is 5.92 Å². The smallest absolute Gasteiger partial charge is 0.396 e. The van der Waals surface area contributed by atoms with E-state index < -0.39 is 11.3 Å². The summed E-state index contributed by atoms with van der Waals surface area (Å²) in [4.78, 5) is 4.57. The normalized spacial score (nSPS) is 18.8. The van der Waals surface area contributed by atoms with Crippen LogP contribution in [0.3, 0.4) is 0 Å². The summed E-state index contributed by atoms with van der Waals surface area (Å²) < 4.78 is 39.6. The number of aliphatic hydroxyl groups is 3. The fourth-order valence-corrected chi connectivity index (χ4v) is 4.15. The predicted octanol–water partition coefficient (Wildman–Crippen LogP) is 4.29. The van der Waals surface area contributed by atoms with Gasteiger partial charge in [-0.3, -0.25) is 0 Å². The molecule has 0 saturated heterocycles. The average Bonchev–Trinajstić information content (AvgIpc) is 3.33. The third-order valence-corrected chi connectivity index (χ3v) is 5.56. The quantitative estimate of drug-likeness (QED) is 0.317. The van der Waals surface area contributed by atoms with E-state index >= 15 is 0 Å². The Balaban J connectivity index is 0.000000555.